The van der Waals surface area contributed by atoms with Crippen LogP contribution in [0.1, 0.15) is 0 Å². The number of aromatic nitrogens is 4. The Bertz CT molecular complexity index is 2870. The minimum atomic E-state index is 0.850. The van der Waals surface area contributed by atoms with Crippen LogP contribution < -0.4 is 0 Å². The third-order valence-corrected chi connectivity index (χ3v) is 10.0. The van der Waals surface area contributed by atoms with Crippen molar-refractivity contribution in [1.29, 1.82) is 0 Å². The van der Waals surface area contributed by atoms with Crippen LogP contribution in [0, 0.1) is 0 Å². The van der Waals surface area contributed by atoms with Gasteiger partial charge in [0.2, 0.25) is 0 Å². The summed E-state index contributed by atoms with van der Waals surface area (Å²) in [5.74, 6) is 0. The molecule has 10 aromatic rings. The van der Waals surface area contributed by atoms with E-state index in [4.69, 9.17) is 15.0 Å². The number of nitrogens with zero attached hydrogens (tertiary/aromatic N) is 4. The molecule has 0 amide bonds. The van der Waals surface area contributed by atoms with Crippen LogP contribution in [0.2, 0.25) is 0 Å². The quantitative estimate of drug-likeness (QED) is 0.136. The Morgan fingerprint density at radius 3 is 1.54 bits per heavy atom. The molecule has 0 aliphatic heterocycles. The fourth-order valence-corrected chi connectivity index (χ4v) is 7.67. The summed E-state index contributed by atoms with van der Waals surface area (Å²) in [6.45, 7) is 0. The molecule has 0 aliphatic rings. The molecule has 6 aromatic carbocycles. The minimum absolute atomic E-state index is 0.850. The van der Waals surface area contributed by atoms with Crippen molar-refractivity contribution in [1.82, 2.24) is 19.9 Å². The molecular formula is C48H30N4. The highest BCUT2D eigenvalue weighted by Gasteiger charge is 2.21. The largest absolute Gasteiger partial charge is 0.255 e. The van der Waals surface area contributed by atoms with Crippen LogP contribution in [-0.4, -0.2) is 19.9 Å². The van der Waals surface area contributed by atoms with Crippen molar-refractivity contribution >= 4 is 43.4 Å². The molecule has 0 atom stereocenters. The Labute approximate surface area is 300 Å². The highest BCUT2D eigenvalue weighted by Crippen LogP contribution is 2.46. The molecule has 0 spiro atoms. The summed E-state index contributed by atoms with van der Waals surface area (Å²) < 4.78 is 0. The third-order valence-electron chi connectivity index (χ3n) is 10.0. The Kier molecular flexibility index (Phi) is 7.10. The van der Waals surface area contributed by atoms with Gasteiger partial charge >= 0.3 is 0 Å². The van der Waals surface area contributed by atoms with Crippen LogP contribution in [0.4, 0.5) is 0 Å². The highest BCUT2D eigenvalue weighted by atomic mass is 14.8. The van der Waals surface area contributed by atoms with Crippen molar-refractivity contribution in [3.63, 3.8) is 0 Å². The summed E-state index contributed by atoms with van der Waals surface area (Å²) in [6.07, 6.45) is 5.69. The van der Waals surface area contributed by atoms with Gasteiger partial charge in [-0.25, -0.2) is 4.98 Å². The van der Waals surface area contributed by atoms with Gasteiger partial charge in [0.15, 0.2) is 0 Å². The lowest BCUT2D eigenvalue weighted by molar-refractivity contribution is 1.25. The molecule has 4 aromatic heterocycles. The van der Waals surface area contributed by atoms with E-state index in [1.54, 1.807) is 6.20 Å². The molecular weight excluding hydrogens is 633 g/mol. The smallest absolute Gasteiger partial charge is 0.0978 e. The molecule has 4 nitrogen and oxygen atoms in total. The molecule has 242 valence electrons. The van der Waals surface area contributed by atoms with Crippen molar-refractivity contribution < 1.29 is 0 Å². The van der Waals surface area contributed by atoms with E-state index in [0.717, 1.165) is 72.3 Å². The lowest BCUT2D eigenvalue weighted by atomic mass is 9.85. The van der Waals surface area contributed by atoms with E-state index in [0.29, 0.717) is 0 Å². The Hall–Kier alpha value is -7.04. The zero-order valence-electron chi connectivity index (χ0n) is 28.1. The van der Waals surface area contributed by atoms with Crippen LogP contribution in [0.25, 0.3) is 99.4 Å². The summed E-state index contributed by atoms with van der Waals surface area (Å²) >= 11 is 0. The normalized spacial score (nSPS) is 11.5. The second-order valence-corrected chi connectivity index (χ2v) is 13.0. The maximum Gasteiger partial charge on any atom is 0.0978 e. The van der Waals surface area contributed by atoms with Gasteiger partial charge in [-0.3, -0.25) is 15.0 Å². The van der Waals surface area contributed by atoms with Crippen molar-refractivity contribution in [3.05, 3.63) is 182 Å². The van der Waals surface area contributed by atoms with Gasteiger partial charge in [0, 0.05) is 40.5 Å². The van der Waals surface area contributed by atoms with E-state index in [-0.39, 0.29) is 0 Å². The fourth-order valence-electron chi connectivity index (χ4n) is 7.67. The van der Waals surface area contributed by atoms with Crippen molar-refractivity contribution in [2.45, 2.75) is 0 Å². The van der Waals surface area contributed by atoms with Crippen molar-refractivity contribution in [2.75, 3.05) is 0 Å². The number of hydrogen-bond acceptors (Lipinski definition) is 4. The molecule has 10 rings (SSSR count). The average molecular weight is 663 g/mol. The first kappa shape index (κ1) is 29.8. The summed E-state index contributed by atoms with van der Waals surface area (Å²) in [7, 11) is 0. The van der Waals surface area contributed by atoms with Crippen molar-refractivity contribution in [2.24, 2.45) is 0 Å². The highest BCUT2D eigenvalue weighted by molar-refractivity contribution is 6.24. The molecule has 0 unspecified atom stereocenters. The van der Waals surface area contributed by atoms with Crippen LogP contribution >= 0.6 is 0 Å². The first-order valence-corrected chi connectivity index (χ1v) is 17.5. The topological polar surface area (TPSA) is 51.6 Å². The number of fused-ring (bicyclic) bond motifs is 5. The van der Waals surface area contributed by atoms with E-state index < -0.39 is 0 Å². The Balaban J connectivity index is 1.28. The second kappa shape index (κ2) is 12.4. The van der Waals surface area contributed by atoms with Crippen molar-refractivity contribution in [3.8, 4) is 56.0 Å². The number of benzene rings is 6. The van der Waals surface area contributed by atoms with E-state index in [2.05, 4.69) is 145 Å². The molecule has 0 N–H and O–H groups in total. The van der Waals surface area contributed by atoms with Crippen LogP contribution in [0.15, 0.2) is 182 Å². The van der Waals surface area contributed by atoms with E-state index in [9.17, 15) is 0 Å². The molecule has 52 heavy (non-hydrogen) atoms. The number of pyridine rings is 4. The van der Waals surface area contributed by atoms with Gasteiger partial charge in [0.25, 0.3) is 0 Å². The lowest BCUT2D eigenvalue weighted by Gasteiger charge is -2.20. The number of rotatable bonds is 5. The van der Waals surface area contributed by atoms with Gasteiger partial charge in [0.05, 0.1) is 28.1 Å². The predicted octanol–water partition coefficient (Wildman–Crippen LogP) is 12.2. The predicted molar refractivity (Wildman–Crippen MR) is 215 cm³/mol. The van der Waals surface area contributed by atoms with E-state index >= 15 is 0 Å². The van der Waals surface area contributed by atoms with Gasteiger partial charge in [-0.05, 0) is 79.7 Å². The SMILES string of the molecule is c1ccc(-c2cc(-c3c4ccccc4c(-c4ccc(-c5ccccn5)nc4)c4ccccc34)c3ccc4c(-c5ccccc5)ccnc4c3n2)cc1. The summed E-state index contributed by atoms with van der Waals surface area (Å²) in [6, 6.07) is 57.4. The molecule has 0 bridgehead atoms. The molecule has 0 aliphatic carbocycles. The average Bonchev–Trinajstić information content (AvgIpc) is 3.23. The zero-order chi connectivity index (χ0) is 34.4. The summed E-state index contributed by atoms with van der Waals surface area (Å²) in [4.78, 5) is 19.8. The number of hydrogen-bond donors (Lipinski definition) is 0. The maximum atomic E-state index is 5.38. The first-order chi connectivity index (χ1) is 25.8. The standard InChI is InChI=1S/C48H30N4/c1-3-13-31(14-4-1)34-26-28-50-47-39(34)23-24-40-41(29-44(52-48(40)47)32-15-5-2-6-16-32)46-37-19-9-7-17-35(37)45(36-18-8-10-20-38(36)46)33-22-25-43(51-30-33)42-21-11-12-27-49-42/h1-30H. The van der Waals surface area contributed by atoms with Gasteiger partial charge < -0.3 is 0 Å². The maximum absolute atomic E-state index is 5.38. The summed E-state index contributed by atoms with van der Waals surface area (Å²) in [5.41, 5.74) is 12.3. The molecule has 4 heterocycles. The van der Waals surface area contributed by atoms with Crippen LogP contribution in [0.3, 0.4) is 0 Å². The zero-order valence-corrected chi connectivity index (χ0v) is 28.1. The van der Waals surface area contributed by atoms with Gasteiger partial charge in [-0.15, -0.1) is 0 Å². The van der Waals surface area contributed by atoms with Gasteiger partial charge in [-0.2, -0.15) is 0 Å². The molecule has 0 fully saturated rings. The monoisotopic (exact) mass is 662 g/mol. The Morgan fingerprint density at radius 1 is 0.308 bits per heavy atom. The first-order valence-electron chi connectivity index (χ1n) is 17.5. The minimum Gasteiger partial charge on any atom is -0.255 e. The molecule has 0 saturated heterocycles. The van der Waals surface area contributed by atoms with Gasteiger partial charge in [-0.1, -0.05) is 133 Å². The van der Waals surface area contributed by atoms with Crippen LogP contribution in [0.5, 0.6) is 0 Å². The third kappa shape index (κ3) is 4.92. The lowest BCUT2D eigenvalue weighted by Crippen LogP contribution is -1.96. The van der Waals surface area contributed by atoms with Gasteiger partial charge in [0.1, 0.15) is 0 Å². The summed E-state index contributed by atoms with van der Waals surface area (Å²) in [5, 5.41) is 6.82. The Morgan fingerprint density at radius 2 is 0.904 bits per heavy atom. The molecule has 0 radical (unpaired) electrons. The fraction of sp³-hybridized carbons (Fsp3) is 0. The van der Waals surface area contributed by atoms with E-state index in [1.807, 2.05) is 36.7 Å². The van der Waals surface area contributed by atoms with Crippen LogP contribution in [-0.2, 0) is 0 Å². The van der Waals surface area contributed by atoms with E-state index in [1.165, 1.54) is 27.1 Å². The molecule has 0 saturated carbocycles. The second-order valence-electron chi connectivity index (χ2n) is 13.0. The molecule has 4 heteroatoms.